The highest BCUT2D eigenvalue weighted by Crippen LogP contribution is 2.59. The average Bonchev–Trinajstić information content (AvgIpc) is 2.76. The number of likely N-dealkylation sites (N-methyl/N-ethyl adjacent to an activating group) is 1. The zero-order chi connectivity index (χ0) is 11.0. The van der Waals surface area contributed by atoms with E-state index in [1.807, 2.05) is 11.3 Å². The SMILES string of the molecule is CCNC(Cc1ccsc1)C1C2CCCC21. The number of fused-ring (bicyclic) bond motifs is 1. The first-order valence-corrected chi connectivity index (χ1v) is 7.59. The Hall–Kier alpha value is -0.340. The summed E-state index contributed by atoms with van der Waals surface area (Å²) in [5.74, 6) is 3.14. The molecule has 16 heavy (non-hydrogen) atoms. The predicted octanol–water partition coefficient (Wildman–Crippen LogP) is 3.31. The molecule has 0 saturated heterocycles. The van der Waals surface area contributed by atoms with Crippen molar-refractivity contribution in [3.8, 4) is 0 Å². The van der Waals surface area contributed by atoms with Crippen molar-refractivity contribution in [1.82, 2.24) is 5.32 Å². The van der Waals surface area contributed by atoms with Gasteiger partial charge in [0, 0.05) is 6.04 Å². The molecule has 2 aliphatic rings. The van der Waals surface area contributed by atoms with E-state index in [0.29, 0.717) is 0 Å². The van der Waals surface area contributed by atoms with Crippen molar-refractivity contribution in [2.24, 2.45) is 17.8 Å². The van der Waals surface area contributed by atoms with Gasteiger partial charge in [0.25, 0.3) is 0 Å². The molecule has 1 nitrogen and oxygen atoms in total. The van der Waals surface area contributed by atoms with Crippen molar-refractivity contribution in [1.29, 1.82) is 0 Å². The van der Waals surface area contributed by atoms with E-state index in [-0.39, 0.29) is 0 Å². The number of thiophene rings is 1. The summed E-state index contributed by atoms with van der Waals surface area (Å²) in [5.41, 5.74) is 1.53. The highest BCUT2D eigenvalue weighted by Gasteiger charge is 2.55. The lowest BCUT2D eigenvalue weighted by atomic mass is 9.98. The van der Waals surface area contributed by atoms with Gasteiger partial charge >= 0.3 is 0 Å². The van der Waals surface area contributed by atoms with Gasteiger partial charge in [-0.1, -0.05) is 13.3 Å². The van der Waals surface area contributed by atoms with Crippen molar-refractivity contribution in [2.45, 2.75) is 38.6 Å². The fourth-order valence-corrected chi connectivity index (χ4v) is 4.42. The molecule has 0 aromatic carbocycles. The molecule has 88 valence electrons. The molecule has 1 heterocycles. The lowest BCUT2D eigenvalue weighted by molar-refractivity contribution is 0.411. The van der Waals surface area contributed by atoms with Crippen LogP contribution in [-0.4, -0.2) is 12.6 Å². The normalized spacial score (nSPS) is 33.7. The molecule has 0 bridgehead atoms. The molecule has 3 atom stereocenters. The quantitative estimate of drug-likeness (QED) is 0.825. The number of nitrogens with one attached hydrogen (secondary N) is 1. The van der Waals surface area contributed by atoms with E-state index in [0.717, 1.165) is 30.3 Å². The molecule has 0 amide bonds. The van der Waals surface area contributed by atoms with Crippen LogP contribution in [0.3, 0.4) is 0 Å². The van der Waals surface area contributed by atoms with Crippen LogP contribution in [0.2, 0.25) is 0 Å². The minimum Gasteiger partial charge on any atom is -0.314 e. The second kappa shape index (κ2) is 4.50. The van der Waals surface area contributed by atoms with Gasteiger partial charge in [0.15, 0.2) is 0 Å². The Kier molecular flexibility index (Phi) is 3.03. The Morgan fingerprint density at radius 2 is 2.25 bits per heavy atom. The molecular weight excluding hydrogens is 214 g/mol. The molecule has 0 spiro atoms. The third-order valence-corrected chi connectivity index (χ3v) is 5.17. The van der Waals surface area contributed by atoms with Crippen molar-refractivity contribution < 1.29 is 0 Å². The van der Waals surface area contributed by atoms with Crippen LogP contribution in [0.1, 0.15) is 31.7 Å². The van der Waals surface area contributed by atoms with Crippen molar-refractivity contribution in [3.63, 3.8) is 0 Å². The molecular formula is C14H21NS. The lowest BCUT2D eigenvalue weighted by Gasteiger charge is -2.19. The fraction of sp³-hybridized carbons (Fsp3) is 0.714. The van der Waals surface area contributed by atoms with E-state index in [2.05, 4.69) is 29.1 Å². The van der Waals surface area contributed by atoms with Gasteiger partial charge in [-0.05, 0) is 66.0 Å². The molecule has 2 aliphatic carbocycles. The summed E-state index contributed by atoms with van der Waals surface area (Å²) in [5, 5.41) is 8.22. The number of hydrogen-bond acceptors (Lipinski definition) is 2. The van der Waals surface area contributed by atoms with Crippen LogP contribution in [0.25, 0.3) is 0 Å². The third kappa shape index (κ3) is 1.93. The maximum Gasteiger partial charge on any atom is 0.0141 e. The van der Waals surface area contributed by atoms with E-state index < -0.39 is 0 Å². The lowest BCUT2D eigenvalue weighted by Crippen LogP contribution is -2.34. The van der Waals surface area contributed by atoms with Gasteiger partial charge < -0.3 is 5.32 Å². The van der Waals surface area contributed by atoms with Gasteiger partial charge in [-0.3, -0.25) is 0 Å². The average molecular weight is 235 g/mol. The summed E-state index contributed by atoms with van der Waals surface area (Å²) in [4.78, 5) is 0. The fourth-order valence-electron chi connectivity index (χ4n) is 3.74. The highest BCUT2D eigenvalue weighted by molar-refractivity contribution is 7.07. The topological polar surface area (TPSA) is 12.0 Å². The summed E-state index contributed by atoms with van der Waals surface area (Å²) >= 11 is 1.83. The van der Waals surface area contributed by atoms with Crippen LogP contribution in [0.15, 0.2) is 16.8 Å². The first kappa shape index (κ1) is 10.8. The van der Waals surface area contributed by atoms with E-state index in [9.17, 15) is 0 Å². The summed E-state index contributed by atoms with van der Waals surface area (Å²) in [6.07, 6.45) is 5.74. The smallest absolute Gasteiger partial charge is 0.0141 e. The molecule has 3 rings (SSSR count). The Balaban J connectivity index is 1.63. The molecule has 2 fully saturated rings. The standard InChI is InChI=1S/C14H21NS/c1-2-15-13(8-10-6-7-16-9-10)14-11-4-3-5-12(11)14/h6-7,9,11-15H,2-5,8H2,1H3. The Labute approximate surface area is 102 Å². The zero-order valence-corrected chi connectivity index (χ0v) is 10.8. The van der Waals surface area contributed by atoms with Crippen LogP contribution in [-0.2, 0) is 6.42 Å². The molecule has 1 N–H and O–H groups in total. The Morgan fingerprint density at radius 3 is 2.88 bits per heavy atom. The summed E-state index contributed by atoms with van der Waals surface area (Å²) in [6.45, 7) is 3.35. The summed E-state index contributed by atoms with van der Waals surface area (Å²) < 4.78 is 0. The maximum absolute atomic E-state index is 3.72. The third-order valence-electron chi connectivity index (χ3n) is 4.44. The van der Waals surface area contributed by atoms with Crippen LogP contribution < -0.4 is 5.32 Å². The monoisotopic (exact) mass is 235 g/mol. The van der Waals surface area contributed by atoms with Gasteiger partial charge in [0.1, 0.15) is 0 Å². The van der Waals surface area contributed by atoms with Gasteiger partial charge in [-0.15, -0.1) is 0 Å². The maximum atomic E-state index is 3.72. The van der Waals surface area contributed by atoms with Gasteiger partial charge in [0.2, 0.25) is 0 Å². The minimum atomic E-state index is 0.745. The second-order valence-corrected chi connectivity index (χ2v) is 6.12. The van der Waals surface area contributed by atoms with Crippen LogP contribution >= 0.6 is 11.3 Å². The molecule has 0 aliphatic heterocycles. The van der Waals surface area contributed by atoms with Crippen molar-refractivity contribution >= 4 is 11.3 Å². The van der Waals surface area contributed by atoms with E-state index in [1.54, 1.807) is 0 Å². The van der Waals surface area contributed by atoms with Crippen molar-refractivity contribution in [2.75, 3.05) is 6.54 Å². The van der Waals surface area contributed by atoms with Crippen LogP contribution in [0, 0.1) is 17.8 Å². The van der Waals surface area contributed by atoms with Gasteiger partial charge in [0.05, 0.1) is 0 Å². The van der Waals surface area contributed by atoms with Crippen LogP contribution in [0.5, 0.6) is 0 Å². The minimum absolute atomic E-state index is 0.745. The molecule has 2 saturated carbocycles. The van der Waals surface area contributed by atoms with Crippen molar-refractivity contribution in [3.05, 3.63) is 22.4 Å². The highest BCUT2D eigenvalue weighted by atomic mass is 32.1. The molecule has 3 unspecified atom stereocenters. The number of hydrogen-bond donors (Lipinski definition) is 1. The first-order valence-electron chi connectivity index (χ1n) is 6.64. The van der Waals surface area contributed by atoms with Gasteiger partial charge in [-0.2, -0.15) is 11.3 Å². The van der Waals surface area contributed by atoms with E-state index in [1.165, 1.54) is 31.2 Å². The molecule has 1 aromatic rings. The Morgan fingerprint density at radius 1 is 1.44 bits per heavy atom. The van der Waals surface area contributed by atoms with E-state index in [4.69, 9.17) is 0 Å². The second-order valence-electron chi connectivity index (χ2n) is 5.34. The largest absolute Gasteiger partial charge is 0.314 e. The predicted molar refractivity (Wildman–Crippen MR) is 69.8 cm³/mol. The molecule has 0 radical (unpaired) electrons. The Bertz CT molecular complexity index is 323. The number of rotatable bonds is 5. The molecule has 2 heteroatoms. The summed E-state index contributed by atoms with van der Waals surface area (Å²) in [6, 6.07) is 3.03. The zero-order valence-electron chi connectivity index (χ0n) is 9.99. The summed E-state index contributed by atoms with van der Waals surface area (Å²) in [7, 11) is 0. The van der Waals surface area contributed by atoms with Gasteiger partial charge in [-0.25, -0.2) is 0 Å². The first-order chi connectivity index (χ1) is 7.90. The van der Waals surface area contributed by atoms with Crippen LogP contribution in [0.4, 0.5) is 0 Å². The molecule has 1 aromatic heterocycles. The van der Waals surface area contributed by atoms with E-state index >= 15 is 0 Å².